The molecule has 31 heavy (non-hydrogen) atoms. The lowest BCUT2D eigenvalue weighted by Gasteiger charge is -2.20. The summed E-state index contributed by atoms with van der Waals surface area (Å²) in [5.41, 5.74) is 1.01. The number of thioether (sulfide) groups is 1. The minimum absolute atomic E-state index is 0.0732. The van der Waals surface area contributed by atoms with Crippen LogP contribution in [0.3, 0.4) is 0 Å². The van der Waals surface area contributed by atoms with Gasteiger partial charge in [0.2, 0.25) is 10.0 Å². The van der Waals surface area contributed by atoms with Gasteiger partial charge in [-0.15, -0.1) is 11.8 Å². The van der Waals surface area contributed by atoms with Crippen molar-refractivity contribution < 1.29 is 17.9 Å². The van der Waals surface area contributed by atoms with E-state index in [4.69, 9.17) is 10.00 Å². The molecule has 1 fully saturated rings. The number of carbonyl (C=O) groups is 1. The fraction of sp³-hybridized carbons (Fsp3) is 0.364. The van der Waals surface area contributed by atoms with Crippen molar-refractivity contribution >= 4 is 33.4 Å². The van der Waals surface area contributed by atoms with Crippen molar-refractivity contribution in [3.05, 3.63) is 54.1 Å². The quantitative estimate of drug-likeness (QED) is 0.453. The van der Waals surface area contributed by atoms with Crippen LogP contribution in [0.25, 0.3) is 0 Å². The molecule has 2 aromatic rings. The molecule has 1 aliphatic heterocycles. The summed E-state index contributed by atoms with van der Waals surface area (Å²) in [6.07, 6.45) is 2.15. The van der Waals surface area contributed by atoms with Crippen LogP contribution >= 0.6 is 11.8 Å². The molecular formula is C22H25N3O4S2. The molecule has 1 heterocycles. The highest BCUT2D eigenvalue weighted by Crippen LogP contribution is 2.28. The molecule has 7 nitrogen and oxygen atoms in total. The average molecular weight is 460 g/mol. The zero-order valence-corrected chi connectivity index (χ0v) is 18.9. The van der Waals surface area contributed by atoms with Gasteiger partial charge in [-0.2, -0.15) is 9.57 Å². The van der Waals surface area contributed by atoms with Crippen molar-refractivity contribution in [3.8, 4) is 6.07 Å². The van der Waals surface area contributed by atoms with Crippen LogP contribution in [0.2, 0.25) is 0 Å². The number of nitrogens with zero attached hydrogens (tertiary/aromatic N) is 2. The normalized spacial score (nSPS) is 16.2. The van der Waals surface area contributed by atoms with Crippen molar-refractivity contribution in [3.63, 3.8) is 0 Å². The molecule has 164 valence electrons. The first-order valence-corrected chi connectivity index (χ1v) is 12.4. The molecule has 0 radical (unpaired) electrons. The molecule has 1 aliphatic rings. The number of benzene rings is 2. The van der Waals surface area contributed by atoms with Crippen LogP contribution in [0.15, 0.2) is 58.3 Å². The van der Waals surface area contributed by atoms with E-state index in [1.165, 1.54) is 40.3 Å². The predicted molar refractivity (Wildman–Crippen MR) is 121 cm³/mol. The van der Waals surface area contributed by atoms with E-state index < -0.39 is 10.0 Å². The van der Waals surface area contributed by atoms with E-state index in [9.17, 15) is 13.2 Å². The first-order valence-electron chi connectivity index (χ1n) is 10.00. The van der Waals surface area contributed by atoms with Gasteiger partial charge in [0.25, 0.3) is 5.91 Å². The third-order valence-corrected chi connectivity index (χ3v) is 7.83. The molecule has 0 bridgehead atoms. The van der Waals surface area contributed by atoms with Crippen LogP contribution in [0.1, 0.15) is 29.6 Å². The zero-order chi connectivity index (χ0) is 22.3. The highest BCUT2D eigenvalue weighted by Gasteiger charge is 2.26. The van der Waals surface area contributed by atoms with Crippen LogP contribution < -0.4 is 5.32 Å². The molecule has 3 rings (SSSR count). The Morgan fingerprint density at radius 3 is 2.68 bits per heavy atom. The second-order valence-electron chi connectivity index (χ2n) is 7.15. The average Bonchev–Trinajstić information content (AvgIpc) is 3.28. The second kappa shape index (κ2) is 10.8. The number of hydrogen-bond acceptors (Lipinski definition) is 6. The Bertz CT molecular complexity index is 1040. The lowest BCUT2D eigenvalue weighted by atomic mass is 10.2. The lowest BCUT2D eigenvalue weighted by Crippen LogP contribution is -2.34. The summed E-state index contributed by atoms with van der Waals surface area (Å²) < 4.78 is 32.4. The molecule has 1 unspecified atom stereocenters. The molecule has 0 saturated carbocycles. The minimum atomic E-state index is -3.66. The number of ether oxygens (including phenoxy) is 1. The Hall–Kier alpha value is -2.38. The van der Waals surface area contributed by atoms with Crippen molar-refractivity contribution in [2.45, 2.75) is 35.2 Å². The monoisotopic (exact) mass is 459 g/mol. The summed E-state index contributed by atoms with van der Waals surface area (Å²) in [7, 11) is -2.12. The highest BCUT2D eigenvalue weighted by atomic mass is 32.2. The number of nitrogens with one attached hydrogen (secondary N) is 1. The van der Waals surface area contributed by atoms with Crippen LogP contribution in [0.4, 0.5) is 5.69 Å². The van der Waals surface area contributed by atoms with Crippen molar-refractivity contribution in [1.82, 2.24) is 4.31 Å². The van der Waals surface area contributed by atoms with Crippen LogP contribution in [-0.2, 0) is 14.8 Å². The molecule has 0 aliphatic carbocycles. The number of para-hydroxylation sites is 1. The van der Waals surface area contributed by atoms with E-state index in [-0.39, 0.29) is 16.9 Å². The van der Waals surface area contributed by atoms with Crippen molar-refractivity contribution in [1.29, 1.82) is 5.26 Å². The molecule has 2 aromatic carbocycles. The third kappa shape index (κ3) is 6.08. The summed E-state index contributed by atoms with van der Waals surface area (Å²) in [5.74, 6) is 0.306. The molecule has 1 amide bonds. The number of hydrogen-bond donors (Lipinski definition) is 1. The number of amides is 1. The molecule has 9 heteroatoms. The summed E-state index contributed by atoms with van der Waals surface area (Å²) >= 11 is 1.50. The van der Waals surface area contributed by atoms with E-state index in [0.717, 1.165) is 17.7 Å². The fourth-order valence-corrected chi connectivity index (χ4v) is 5.29. The van der Waals surface area contributed by atoms with E-state index in [1.807, 2.05) is 18.2 Å². The summed E-state index contributed by atoms with van der Waals surface area (Å²) in [6, 6.07) is 15.4. The fourth-order valence-electron chi connectivity index (χ4n) is 3.23. The number of sulfonamides is 1. The van der Waals surface area contributed by atoms with Gasteiger partial charge in [0.15, 0.2) is 0 Å². The highest BCUT2D eigenvalue weighted by molar-refractivity contribution is 7.99. The molecule has 0 aromatic heterocycles. The van der Waals surface area contributed by atoms with Crippen molar-refractivity contribution in [2.24, 2.45) is 0 Å². The maximum atomic E-state index is 12.8. The Balaban J connectivity index is 1.67. The Kier molecular flexibility index (Phi) is 8.09. The lowest BCUT2D eigenvalue weighted by molar-refractivity contribution is 0.0979. The number of likely N-dealkylation sites (N-methyl/N-ethyl adjacent to an activating group) is 1. The second-order valence-corrected chi connectivity index (χ2v) is 10.3. The SMILES string of the molecule is CN(CC1CCCO1)S(=O)(=O)c1ccc(C(=O)Nc2ccccc2SCCC#N)cc1. The van der Waals surface area contributed by atoms with Crippen molar-refractivity contribution in [2.75, 3.05) is 31.3 Å². The Labute approximate surface area is 187 Å². The van der Waals surface area contributed by atoms with Gasteiger partial charge >= 0.3 is 0 Å². The number of nitriles is 1. The van der Waals surface area contributed by atoms with E-state index in [1.54, 1.807) is 13.1 Å². The van der Waals surface area contributed by atoms with Gasteiger partial charge in [-0.1, -0.05) is 12.1 Å². The smallest absolute Gasteiger partial charge is 0.255 e. The molecular weight excluding hydrogens is 434 g/mol. The van der Waals surface area contributed by atoms with Gasteiger partial charge in [0.05, 0.1) is 22.8 Å². The summed E-state index contributed by atoms with van der Waals surface area (Å²) in [6.45, 7) is 0.979. The van der Waals surface area contributed by atoms with Crippen LogP contribution in [0.5, 0.6) is 0 Å². The first kappa shape index (κ1) is 23.3. The van der Waals surface area contributed by atoms with E-state index >= 15 is 0 Å². The van der Waals surface area contributed by atoms with Gasteiger partial charge in [-0.3, -0.25) is 4.79 Å². The standard InChI is InChI=1S/C22H25N3O4S2/c1-25(16-18-6-4-14-29-18)31(27,28)19-11-9-17(10-12-19)22(26)24-20-7-2-3-8-21(20)30-15-5-13-23/h2-3,7-12,18H,4-6,14-16H2,1H3,(H,24,26). The summed E-state index contributed by atoms with van der Waals surface area (Å²) in [4.78, 5) is 13.7. The number of rotatable bonds is 9. The summed E-state index contributed by atoms with van der Waals surface area (Å²) in [5, 5.41) is 11.6. The molecule has 1 saturated heterocycles. The van der Waals surface area contributed by atoms with Gasteiger partial charge in [0.1, 0.15) is 0 Å². The molecule has 1 N–H and O–H groups in total. The maximum Gasteiger partial charge on any atom is 0.255 e. The molecule has 0 spiro atoms. The first-order chi connectivity index (χ1) is 14.9. The zero-order valence-electron chi connectivity index (χ0n) is 17.3. The minimum Gasteiger partial charge on any atom is -0.377 e. The Morgan fingerprint density at radius 2 is 2.00 bits per heavy atom. The third-order valence-electron chi connectivity index (χ3n) is 4.92. The Morgan fingerprint density at radius 1 is 1.26 bits per heavy atom. The van der Waals surface area contributed by atoms with Gasteiger partial charge in [0, 0.05) is 42.8 Å². The van der Waals surface area contributed by atoms with Gasteiger partial charge < -0.3 is 10.1 Å². The van der Waals surface area contributed by atoms with E-state index in [0.29, 0.717) is 36.6 Å². The van der Waals surface area contributed by atoms with Gasteiger partial charge in [-0.25, -0.2) is 8.42 Å². The van der Waals surface area contributed by atoms with Crippen LogP contribution in [-0.4, -0.2) is 50.7 Å². The predicted octanol–water partition coefficient (Wildman–Crippen LogP) is 3.74. The topological polar surface area (TPSA) is 99.5 Å². The number of anilines is 1. The van der Waals surface area contributed by atoms with Crippen LogP contribution in [0, 0.1) is 11.3 Å². The number of carbonyl (C=O) groups excluding carboxylic acids is 1. The maximum absolute atomic E-state index is 12.8. The largest absolute Gasteiger partial charge is 0.377 e. The van der Waals surface area contributed by atoms with Gasteiger partial charge in [-0.05, 0) is 49.2 Å². The molecule has 1 atom stereocenters. The van der Waals surface area contributed by atoms with E-state index in [2.05, 4.69) is 11.4 Å².